The summed E-state index contributed by atoms with van der Waals surface area (Å²) in [6.07, 6.45) is 1.97. The fourth-order valence-corrected chi connectivity index (χ4v) is 2.47. The molecule has 0 amide bonds. The molecule has 0 bridgehead atoms. The number of carbonyl (C=O) groups is 2. The quantitative estimate of drug-likeness (QED) is 0.623. The van der Waals surface area contributed by atoms with Crippen LogP contribution in [0.4, 0.5) is 0 Å². The second-order valence-electron chi connectivity index (χ2n) is 4.52. The van der Waals surface area contributed by atoms with Crippen LogP contribution in [0.1, 0.15) is 26.3 Å². The molecule has 0 N–H and O–H groups in total. The molecule has 0 saturated heterocycles. The predicted octanol–water partition coefficient (Wildman–Crippen LogP) is 2.97. The molecule has 1 aliphatic carbocycles. The SMILES string of the molecule is O=C1c2ccccc2C(=O)C1Cc1ccc(Cl)nc1. The van der Waals surface area contributed by atoms with E-state index in [1.54, 1.807) is 42.6 Å². The van der Waals surface area contributed by atoms with E-state index in [0.717, 1.165) is 5.56 Å². The summed E-state index contributed by atoms with van der Waals surface area (Å²) in [5, 5.41) is 0.399. The highest BCUT2D eigenvalue weighted by atomic mass is 35.5. The first-order valence-corrected chi connectivity index (χ1v) is 6.32. The van der Waals surface area contributed by atoms with Crippen LogP contribution in [-0.2, 0) is 6.42 Å². The van der Waals surface area contributed by atoms with Gasteiger partial charge < -0.3 is 0 Å². The molecule has 0 saturated carbocycles. The molecule has 0 spiro atoms. The standard InChI is InChI=1S/C15H10ClNO2/c16-13-6-5-9(8-17-13)7-12-14(18)10-3-1-2-4-11(10)15(12)19/h1-6,8,12H,7H2. The van der Waals surface area contributed by atoms with Gasteiger partial charge in [-0.25, -0.2) is 4.98 Å². The van der Waals surface area contributed by atoms with E-state index in [-0.39, 0.29) is 11.6 Å². The van der Waals surface area contributed by atoms with Gasteiger partial charge in [0.15, 0.2) is 11.6 Å². The monoisotopic (exact) mass is 271 g/mol. The predicted molar refractivity (Wildman–Crippen MR) is 71.5 cm³/mol. The fourth-order valence-electron chi connectivity index (χ4n) is 2.36. The molecule has 0 atom stereocenters. The number of halogens is 1. The summed E-state index contributed by atoms with van der Waals surface area (Å²) < 4.78 is 0. The van der Waals surface area contributed by atoms with Crippen LogP contribution in [-0.4, -0.2) is 16.6 Å². The number of carbonyl (C=O) groups excluding carboxylic acids is 2. The fraction of sp³-hybridized carbons (Fsp3) is 0.133. The van der Waals surface area contributed by atoms with Gasteiger partial charge in [-0.2, -0.15) is 0 Å². The molecule has 1 heterocycles. The van der Waals surface area contributed by atoms with Gasteiger partial charge >= 0.3 is 0 Å². The van der Waals surface area contributed by atoms with Crippen LogP contribution in [0, 0.1) is 5.92 Å². The summed E-state index contributed by atoms with van der Waals surface area (Å²) in [5.74, 6) is -0.827. The summed E-state index contributed by atoms with van der Waals surface area (Å²) in [4.78, 5) is 28.4. The van der Waals surface area contributed by atoms with Crippen molar-refractivity contribution >= 4 is 23.2 Å². The number of benzene rings is 1. The Morgan fingerprint density at radius 3 is 2.16 bits per heavy atom. The summed E-state index contributed by atoms with van der Waals surface area (Å²) in [6, 6.07) is 10.4. The summed E-state index contributed by atoms with van der Waals surface area (Å²) in [5.41, 5.74) is 1.89. The third-order valence-electron chi connectivity index (χ3n) is 3.32. The Morgan fingerprint density at radius 2 is 1.63 bits per heavy atom. The summed E-state index contributed by atoms with van der Waals surface area (Å²) in [6.45, 7) is 0. The van der Waals surface area contributed by atoms with Crippen molar-refractivity contribution in [3.05, 3.63) is 64.4 Å². The average Bonchev–Trinajstić information content (AvgIpc) is 2.67. The normalized spacial score (nSPS) is 14.8. The Kier molecular flexibility index (Phi) is 2.91. The van der Waals surface area contributed by atoms with Crippen molar-refractivity contribution < 1.29 is 9.59 Å². The number of hydrogen-bond donors (Lipinski definition) is 0. The Bertz CT molecular complexity index is 629. The highest BCUT2D eigenvalue weighted by Gasteiger charge is 2.37. The zero-order valence-corrected chi connectivity index (χ0v) is 10.7. The van der Waals surface area contributed by atoms with E-state index < -0.39 is 5.92 Å². The number of aromatic nitrogens is 1. The van der Waals surface area contributed by atoms with Crippen LogP contribution in [0.2, 0.25) is 5.15 Å². The Balaban J connectivity index is 1.90. The van der Waals surface area contributed by atoms with Crippen molar-refractivity contribution in [2.45, 2.75) is 6.42 Å². The van der Waals surface area contributed by atoms with Crippen molar-refractivity contribution in [3.8, 4) is 0 Å². The number of ketones is 2. The largest absolute Gasteiger partial charge is 0.293 e. The van der Waals surface area contributed by atoms with Crippen LogP contribution >= 0.6 is 11.6 Å². The first-order chi connectivity index (χ1) is 9.16. The molecule has 3 nitrogen and oxygen atoms in total. The van der Waals surface area contributed by atoms with Crippen molar-refractivity contribution in [2.75, 3.05) is 0 Å². The summed E-state index contributed by atoms with van der Waals surface area (Å²) in [7, 11) is 0. The zero-order valence-electron chi connectivity index (χ0n) is 9.97. The van der Waals surface area contributed by atoms with Crippen LogP contribution in [0.15, 0.2) is 42.6 Å². The Hall–Kier alpha value is -2.00. The second-order valence-corrected chi connectivity index (χ2v) is 4.91. The molecule has 0 radical (unpaired) electrons. The van der Waals surface area contributed by atoms with E-state index in [4.69, 9.17) is 11.6 Å². The van der Waals surface area contributed by atoms with Crippen LogP contribution < -0.4 is 0 Å². The highest BCUT2D eigenvalue weighted by molar-refractivity contribution is 6.29. The maximum atomic E-state index is 12.2. The third-order valence-corrected chi connectivity index (χ3v) is 3.54. The van der Waals surface area contributed by atoms with Crippen molar-refractivity contribution in [3.63, 3.8) is 0 Å². The molecule has 0 fully saturated rings. The van der Waals surface area contributed by atoms with Gasteiger partial charge in [-0.05, 0) is 18.1 Å². The number of pyridine rings is 1. The molecule has 1 aromatic carbocycles. The van der Waals surface area contributed by atoms with E-state index in [9.17, 15) is 9.59 Å². The van der Waals surface area contributed by atoms with Gasteiger partial charge in [0.25, 0.3) is 0 Å². The molecule has 1 aliphatic rings. The number of Topliss-reactive ketones (excluding diaryl/α,β-unsaturated/α-hetero) is 2. The molecule has 2 aromatic rings. The number of hydrogen-bond acceptors (Lipinski definition) is 3. The lowest BCUT2D eigenvalue weighted by molar-refractivity contribution is 0.0838. The van der Waals surface area contributed by atoms with Gasteiger partial charge in [-0.15, -0.1) is 0 Å². The summed E-state index contributed by atoms with van der Waals surface area (Å²) >= 11 is 5.71. The average molecular weight is 272 g/mol. The number of fused-ring (bicyclic) bond motifs is 1. The minimum atomic E-state index is -0.625. The lowest BCUT2D eigenvalue weighted by Gasteiger charge is -2.06. The van der Waals surface area contributed by atoms with Gasteiger partial charge in [-0.3, -0.25) is 9.59 Å². The second kappa shape index (κ2) is 4.59. The molecule has 94 valence electrons. The third kappa shape index (κ3) is 2.06. The number of nitrogens with zero attached hydrogens (tertiary/aromatic N) is 1. The highest BCUT2D eigenvalue weighted by Crippen LogP contribution is 2.29. The molecule has 3 rings (SSSR count). The minimum Gasteiger partial charge on any atom is -0.293 e. The maximum Gasteiger partial charge on any atom is 0.174 e. The van der Waals surface area contributed by atoms with Crippen molar-refractivity contribution in [1.29, 1.82) is 0 Å². The van der Waals surface area contributed by atoms with E-state index in [2.05, 4.69) is 4.98 Å². The topological polar surface area (TPSA) is 47.0 Å². The molecule has 4 heteroatoms. The van der Waals surface area contributed by atoms with Crippen molar-refractivity contribution in [2.24, 2.45) is 5.92 Å². The molecular weight excluding hydrogens is 262 g/mol. The van der Waals surface area contributed by atoms with E-state index in [0.29, 0.717) is 22.7 Å². The maximum absolute atomic E-state index is 12.2. The van der Waals surface area contributed by atoms with Crippen molar-refractivity contribution in [1.82, 2.24) is 4.98 Å². The lowest BCUT2D eigenvalue weighted by Crippen LogP contribution is -2.18. The number of rotatable bonds is 2. The first kappa shape index (κ1) is 12.1. The Morgan fingerprint density at radius 1 is 1.00 bits per heavy atom. The first-order valence-electron chi connectivity index (χ1n) is 5.94. The van der Waals surface area contributed by atoms with E-state index >= 15 is 0 Å². The van der Waals surface area contributed by atoms with Crippen LogP contribution in [0.5, 0.6) is 0 Å². The molecular formula is C15H10ClNO2. The van der Waals surface area contributed by atoms with E-state index in [1.807, 2.05) is 0 Å². The van der Waals surface area contributed by atoms with Gasteiger partial charge in [0.2, 0.25) is 0 Å². The van der Waals surface area contributed by atoms with Gasteiger partial charge in [-0.1, -0.05) is 41.9 Å². The molecule has 0 unspecified atom stereocenters. The smallest absolute Gasteiger partial charge is 0.174 e. The Labute approximate surface area is 115 Å². The minimum absolute atomic E-state index is 0.101. The zero-order chi connectivity index (χ0) is 13.4. The van der Waals surface area contributed by atoms with Gasteiger partial charge in [0, 0.05) is 17.3 Å². The van der Waals surface area contributed by atoms with Gasteiger partial charge in [0.05, 0.1) is 5.92 Å². The molecule has 0 aliphatic heterocycles. The van der Waals surface area contributed by atoms with Gasteiger partial charge in [0.1, 0.15) is 5.15 Å². The molecule has 19 heavy (non-hydrogen) atoms. The lowest BCUT2D eigenvalue weighted by atomic mass is 9.96. The van der Waals surface area contributed by atoms with Crippen LogP contribution in [0.3, 0.4) is 0 Å². The van der Waals surface area contributed by atoms with Crippen LogP contribution in [0.25, 0.3) is 0 Å². The molecule has 1 aromatic heterocycles. The van der Waals surface area contributed by atoms with E-state index in [1.165, 1.54) is 0 Å².